The van der Waals surface area contributed by atoms with Crippen LogP contribution in [0.1, 0.15) is 17.2 Å². The van der Waals surface area contributed by atoms with E-state index in [1.165, 1.54) is 12.1 Å². The Morgan fingerprint density at radius 3 is 2.33 bits per heavy atom. The number of ether oxygens (including phenoxy) is 2. The molecule has 2 aromatic rings. The van der Waals surface area contributed by atoms with Crippen LogP contribution in [0, 0.1) is 5.82 Å². The van der Waals surface area contributed by atoms with E-state index in [9.17, 15) is 4.39 Å². The van der Waals surface area contributed by atoms with E-state index in [0.717, 1.165) is 29.0 Å². The number of rotatable bonds is 6. The predicted molar refractivity (Wildman–Crippen MR) is 81.5 cm³/mol. The molecule has 0 amide bonds. The highest BCUT2D eigenvalue weighted by atomic mass is 19.1. The minimum absolute atomic E-state index is 0.0799. The van der Waals surface area contributed by atoms with Crippen molar-refractivity contribution in [2.24, 2.45) is 0 Å². The summed E-state index contributed by atoms with van der Waals surface area (Å²) in [5.41, 5.74) is 2.11. The minimum Gasteiger partial charge on any atom is -0.497 e. The average Bonchev–Trinajstić information content (AvgIpc) is 2.53. The molecule has 3 nitrogen and oxygen atoms in total. The van der Waals surface area contributed by atoms with Crippen LogP contribution in [0.5, 0.6) is 11.5 Å². The highest BCUT2D eigenvalue weighted by molar-refractivity contribution is 5.43. The van der Waals surface area contributed by atoms with E-state index in [1.807, 2.05) is 25.2 Å². The number of hydrogen-bond donors (Lipinski definition) is 1. The summed E-state index contributed by atoms with van der Waals surface area (Å²) >= 11 is 0. The molecule has 0 fully saturated rings. The zero-order valence-electron chi connectivity index (χ0n) is 12.5. The van der Waals surface area contributed by atoms with Gasteiger partial charge in [-0.05, 0) is 37.2 Å². The molecule has 21 heavy (non-hydrogen) atoms. The first kappa shape index (κ1) is 15.3. The Bertz CT molecular complexity index is 584. The van der Waals surface area contributed by atoms with Gasteiger partial charge in [0.2, 0.25) is 0 Å². The highest BCUT2D eigenvalue weighted by Crippen LogP contribution is 2.31. The van der Waals surface area contributed by atoms with Gasteiger partial charge >= 0.3 is 0 Å². The average molecular weight is 289 g/mol. The van der Waals surface area contributed by atoms with Crippen molar-refractivity contribution >= 4 is 0 Å². The van der Waals surface area contributed by atoms with E-state index in [4.69, 9.17) is 9.47 Å². The molecule has 0 bridgehead atoms. The smallest absolute Gasteiger partial charge is 0.127 e. The number of methoxy groups -OCH3 is 2. The van der Waals surface area contributed by atoms with Crippen LogP contribution in [-0.4, -0.2) is 21.3 Å². The van der Waals surface area contributed by atoms with Gasteiger partial charge in [0.05, 0.1) is 14.2 Å². The minimum atomic E-state index is -0.221. The fraction of sp³-hybridized carbons (Fsp3) is 0.294. The van der Waals surface area contributed by atoms with Crippen molar-refractivity contribution in [1.82, 2.24) is 5.32 Å². The van der Waals surface area contributed by atoms with E-state index in [0.29, 0.717) is 0 Å². The first-order valence-electron chi connectivity index (χ1n) is 6.81. The molecule has 0 aromatic heterocycles. The maximum atomic E-state index is 13.0. The maximum Gasteiger partial charge on any atom is 0.127 e. The summed E-state index contributed by atoms with van der Waals surface area (Å²) in [7, 11) is 5.17. The molecule has 2 rings (SSSR count). The van der Waals surface area contributed by atoms with Crippen molar-refractivity contribution in [2.45, 2.75) is 12.5 Å². The van der Waals surface area contributed by atoms with Gasteiger partial charge in [0.15, 0.2) is 0 Å². The van der Waals surface area contributed by atoms with Crippen LogP contribution in [0.25, 0.3) is 0 Å². The van der Waals surface area contributed by atoms with Gasteiger partial charge in [-0.2, -0.15) is 0 Å². The van der Waals surface area contributed by atoms with Gasteiger partial charge in [0.1, 0.15) is 17.3 Å². The third-order valence-corrected chi connectivity index (χ3v) is 3.52. The number of likely N-dealkylation sites (N-methyl/N-ethyl adjacent to an activating group) is 1. The van der Waals surface area contributed by atoms with E-state index in [1.54, 1.807) is 26.4 Å². The van der Waals surface area contributed by atoms with Gasteiger partial charge in [-0.15, -0.1) is 0 Å². The van der Waals surface area contributed by atoms with E-state index in [2.05, 4.69) is 5.32 Å². The molecule has 1 atom stereocenters. The molecule has 0 saturated carbocycles. The molecule has 4 heteroatoms. The molecule has 0 aliphatic heterocycles. The fourth-order valence-electron chi connectivity index (χ4n) is 2.33. The van der Waals surface area contributed by atoms with Crippen LogP contribution >= 0.6 is 0 Å². The molecule has 1 unspecified atom stereocenters. The monoisotopic (exact) mass is 289 g/mol. The normalized spacial score (nSPS) is 12.0. The van der Waals surface area contributed by atoms with Gasteiger partial charge in [0.25, 0.3) is 0 Å². The first-order chi connectivity index (χ1) is 10.2. The van der Waals surface area contributed by atoms with Crippen molar-refractivity contribution in [3.8, 4) is 11.5 Å². The standard InChI is InChI=1S/C17H20FNO2/c1-19-16(10-12-4-6-13(18)7-5-12)15-9-8-14(20-2)11-17(15)21-3/h4-9,11,16,19H,10H2,1-3H3. The summed E-state index contributed by atoms with van der Waals surface area (Å²) in [6.45, 7) is 0. The van der Waals surface area contributed by atoms with Crippen molar-refractivity contribution in [3.05, 3.63) is 59.4 Å². The Balaban J connectivity index is 2.26. The Hall–Kier alpha value is -2.07. The summed E-state index contributed by atoms with van der Waals surface area (Å²) < 4.78 is 23.6. The van der Waals surface area contributed by atoms with Crippen molar-refractivity contribution < 1.29 is 13.9 Å². The van der Waals surface area contributed by atoms with Crippen LogP contribution < -0.4 is 14.8 Å². The van der Waals surface area contributed by atoms with Gasteiger partial charge in [-0.25, -0.2) is 4.39 Å². The van der Waals surface area contributed by atoms with Crippen LogP contribution in [0.15, 0.2) is 42.5 Å². The summed E-state index contributed by atoms with van der Waals surface area (Å²) in [4.78, 5) is 0. The first-order valence-corrected chi connectivity index (χ1v) is 6.81. The van der Waals surface area contributed by atoms with Gasteiger partial charge < -0.3 is 14.8 Å². The second kappa shape index (κ2) is 7.09. The predicted octanol–water partition coefficient (Wildman–Crippen LogP) is 3.35. The maximum absolute atomic E-state index is 13.0. The third kappa shape index (κ3) is 3.73. The lowest BCUT2D eigenvalue weighted by atomic mass is 9.98. The van der Waals surface area contributed by atoms with E-state index < -0.39 is 0 Å². The van der Waals surface area contributed by atoms with Crippen LogP contribution in [0.3, 0.4) is 0 Å². The Labute approximate surface area is 124 Å². The van der Waals surface area contributed by atoms with Crippen molar-refractivity contribution in [3.63, 3.8) is 0 Å². The van der Waals surface area contributed by atoms with E-state index >= 15 is 0 Å². The van der Waals surface area contributed by atoms with E-state index in [-0.39, 0.29) is 11.9 Å². The van der Waals surface area contributed by atoms with Gasteiger partial charge in [-0.1, -0.05) is 18.2 Å². The zero-order chi connectivity index (χ0) is 15.2. The largest absolute Gasteiger partial charge is 0.497 e. The Morgan fingerprint density at radius 1 is 1.05 bits per heavy atom. The molecular weight excluding hydrogens is 269 g/mol. The van der Waals surface area contributed by atoms with Crippen LogP contribution in [0.2, 0.25) is 0 Å². The van der Waals surface area contributed by atoms with Crippen LogP contribution in [0.4, 0.5) is 4.39 Å². The lowest BCUT2D eigenvalue weighted by molar-refractivity contribution is 0.385. The molecule has 2 aromatic carbocycles. The number of hydrogen-bond acceptors (Lipinski definition) is 3. The molecule has 0 aliphatic carbocycles. The highest BCUT2D eigenvalue weighted by Gasteiger charge is 2.16. The summed E-state index contributed by atoms with van der Waals surface area (Å²) in [6.07, 6.45) is 0.749. The number of halogens is 1. The molecule has 0 radical (unpaired) electrons. The number of nitrogens with one attached hydrogen (secondary N) is 1. The lowest BCUT2D eigenvalue weighted by Gasteiger charge is -2.20. The molecular formula is C17H20FNO2. The summed E-state index contributed by atoms with van der Waals surface area (Å²) in [5, 5.41) is 3.28. The van der Waals surface area contributed by atoms with Gasteiger partial charge in [-0.3, -0.25) is 0 Å². The summed E-state index contributed by atoms with van der Waals surface area (Å²) in [5.74, 6) is 1.31. The Morgan fingerprint density at radius 2 is 1.76 bits per heavy atom. The molecule has 0 aliphatic rings. The lowest BCUT2D eigenvalue weighted by Crippen LogP contribution is -2.19. The SMILES string of the molecule is CNC(Cc1ccc(F)cc1)c1ccc(OC)cc1OC. The molecule has 1 N–H and O–H groups in total. The van der Waals surface area contributed by atoms with Gasteiger partial charge in [0, 0.05) is 17.7 Å². The Kier molecular flexibility index (Phi) is 5.17. The zero-order valence-corrected chi connectivity index (χ0v) is 12.5. The topological polar surface area (TPSA) is 30.5 Å². The molecule has 0 heterocycles. The van der Waals surface area contributed by atoms with Crippen molar-refractivity contribution in [1.29, 1.82) is 0 Å². The fourth-order valence-corrected chi connectivity index (χ4v) is 2.33. The molecule has 0 saturated heterocycles. The second-order valence-corrected chi connectivity index (χ2v) is 4.78. The van der Waals surface area contributed by atoms with Crippen LogP contribution in [-0.2, 0) is 6.42 Å². The second-order valence-electron chi connectivity index (χ2n) is 4.78. The quantitative estimate of drug-likeness (QED) is 0.884. The molecule has 0 spiro atoms. The summed E-state index contributed by atoms with van der Waals surface area (Å²) in [6, 6.07) is 12.4. The van der Waals surface area contributed by atoms with Crippen molar-refractivity contribution in [2.75, 3.05) is 21.3 Å². The third-order valence-electron chi connectivity index (χ3n) is 3.52. The number of benzene rings is 2. The molecule has 112 valence electrons.